The van der Waals surface area contributed by atoms with E-state index in [1.807, 2.05) is 45.2 Å². The number of nitrogens with zero attached hydrogens (tertiary/aromatic N) is 2. The van der Waals surface area contributed by atoms with Crippen LogP contribution in [0.5, 0.6) is 0 Å². The number of rotatable bonds is 6. The molecule has 2 rings (SSSR count). The Balaban J connectivity index is 2.01. The van der Waals surface area contributed by atoms with Crippen molar-refractivity contribution in [2.75, 3.05) is 25.0 Å². The largest absolute Gasteiger partial charge is 0.371 e. The van der Waals surface area contributed by atoms with Gasteiger partial charge in [-0.05, 0) is 44.7 Å². The standard InChI is InChI=1S/C21H33N3O2/c1-15(2)14-20(25)22-17-10-12-24(13-11-17)19-9-7-6-8-18(19)21(26)23(5)16(3)4/h6-9,15-17H,10-14H2,1-5H3,(H,22,25). The second-order valence-electron chi connectivity index (χ2n) is 7.95. The molecule has 2 amide bonds. The minimum Gasteiger partial charge on any atom is -0.371 e. The Labute approximate surface area is 157 Å². The van der Waals surface area contributed by atoms with Crippen molar-refractivity contribution in [1.29, 1.82) is 0 Å². The van der Waals surface area contributed by atoms with Crippen LogP contribution in [0.15, 0.2) is 24.3 Å². The molecule has 1 aliphatic heterocycles. The number of anilines is 1. The molecule has 1 aromatic carbocycles. The van der Waals surface area contributed by atoms with Crippen molar-refractivity contribution in [2.45, 2.75) is 59.0 Å². The number of nitrogens with one attached hydrogen (secondary N) is 1. The Morgan fingerprint density at radius 3 is 2.35 bits per heavy atom. The average Bonchev–Trinajstić information content (AvgIpc) is 2.60. The summed E-state index contributed by atoms with van der Waals surface area (Å²) in [7, 11) is 1.85. The maximum absolute atomic E-state index is 12.8. The van der Waals surface area contributed by atoms with E-state index in [2.05, 4.69) is 24.1 Å². The van der Waals surface area contributed by atoms with Crippen LogP contribution in [-0.4, -0.2) is 48.9 Å². The first-order valence-corrected chi connectivity index (χ1v) is 9.70. The molecule has 0 aliphatic carbocycles. The molecule has 26 heavy (non-hydrogen) atoms. The molecule has 1 aromatic rings. The molecule has 0 radical (unpaired) electrons. The van der Waals surface area contributed by atoms with Crippen LogP contribution < -0.4 is 10.2 Å². The molecule has 1 aliphatic rings. The smallest absolute Gasteiger partial charge is 0.255 e. The molecule has 0 unspecified atom stereocenters. The summed E-state index contributed by atoms with van der Waals surface area (Å²) in [5.74, 6) is 0.585. The van der Waals surface area contributed by atoms with E-state index in [0.717, 1.165) is 37.2 Å². The Morgan fingerprint density at radius 1 is 1.15 bits per heavy atom. The SMILES string of the molecule is CC(C)CC(=O)NC1CCN(c2ccccc2C(=O)N(C)C(C)C)CC1. The minimum absolute atomic E-state index is 0.0583. The van der Waals surface area contributed by atoms with Crippen molar-refractivity contribution >= 4 is 17.5 Å². The van der Waals surface area contributed by atoms with Crippen LogP contribution in [0, 0.1) is 5.92 Å². The number of para-hydroxylation sites is 1. The van der Waals surface area contributed by atoms with Crippen LogP contribution >= 0.6 is 0 Å². The van der Waals surface area contributed by atoms with Gasteiger partial charge in [0.2, 0.25) is 5.91 Å². The molecular formula is C21H33N3O2. The summed E-state index contributed by atoms with van der Waals surface area (Å²) in [5.41, 5.74) is 1.75. The molecule has 144 valence electrons. The molecule has 0 spiro atoms. The van der Waals surface area contributed by atoms with E-state index < -0.39 is 0 Å². The maximum Gasteiger partial charge on any atom is 0.255 e. The highest BCUT2D eigenvalue weighted by atomic mass is 16.2. The van der Waals surface area contributed by atoms with Gasteiger partial charge in [-0.3, -0.25) is 9.59 Å². The first-order chi connectivity index (χ1) is 12.3. The summed E-state index contributed by atoms with van der Waals surface area (Å²) in [5, 5.41) is 3.15. The second-order valence-corrected chi connectivity index (χ2v) is 7.95. The zero-order valence-corrected chi connectivity index (χ0v) is 16.8. The minimum atomic E-state index is 0.0583. The second kappa shape index (κ2) is 9.06. The number of piperidine rings is 1. The van der Waals surface area contributed by atoms with Gasteiger partial charge in [0.15, 0.2) is 0 Å². The number of amides is 2. The van der Waals surface area contributed by atoms with E-state index >= 15 is 0 Å². The summed E-state index contributed by atoms with van der Waals surface area (Å²) in [6, 6.07) is 8.24. The van der Waals surface area contributed by atoms with Gasteiger partial charge in [-0.15, -0.1) is 0 Å². The molecule has 5 nitrogen and oxygen atoms in total. The highest BCUT2D eigenvalue weighted by Crippen LogP contribution is 2.25. The van der Waals surface area contributed by atoms with Crippen LogP contribution in [0.25, 0.3) is 0 Å². The molecule has 5 heteroatoms. The average molecular weight is 360 g/mol. The fraction of sp³-hybridized carbons (Fsp3) is 0.619. The van der Waals surface area contributed by atoms with Crippen LogP contribution in [0.2, 0.25) is 0 Å². The summed E-state index contributed by atoms with van der Waals surface area (Å²) in [6.45, 7) is 9.86. The number of benzene rings is 1. The zero-order valence-electron chi connectivity index (χ0n) is 16.8. The lowest BCUT2D eigenvalue weighted by Crippen LogP contribution is -2.45. The molecule has 1 saturated heterocycles. The Kier molecular flexibility index (Phi) is 7.06. The summed E-state index contributed by atoms with van der Waals surface area (Å²) in [4.78, 5) is 28.8. The van der Waals surface area contributed by atoms with Gasteiger partial charge in [-0.1, -0.05) is 26.0 Å². The molecule has 1 heterocycles. The summed E-state index contributed by atoms with van der Waals surface area (Å²) in [6.07, 6.45) is 2.40. The van der Waals surface area contributed by atoms with Gasteiger partial charge in [-0.2, -0.15) is 0 Å². The third-order valence-electron chi connectivity index (χ3n) is 5.02. The van der Waals surface area contributed by atoms with Gasteiger partial charge in [0, 0.05) is 44.3 Å². The quantitative estimate of drug-likeness (QED) is 0.848. The highest BCUT2D eigenvalue weighted by Gasteiger charge is 2.25. The van der Waals surface area contributed by atoms with Gasteiger partial charge in [0.25, 0.3) is 5.91 Å². The molecule has 1 fully saturated rings. The van der Waals surface area contributed by atoms with Crippen LogP contribution in [0.1, 0.15) is 57.3 Å². The molecule has 1 N–H and O–H groups in total. The summed E-state index contributed by atoms with van der Waals surface area (Å²) < 4.78 is 0. The van der Waals surface area contributed by atoms with Gasteiger partial charge in [-0.25, -0.2) is 0 Å². The van der Waals surface area contributed by atoms with Gasteiger partial charge < -0.3 is 15.1 Å². The highest BCUT2D eigenvalue weighted by molar-refractivity contribution is 5.99. The van der Waals surface area contributed by atoms with E-state index in [9.17, 15) is 9.59 Å². The Hall–Kier alpha value is -2.04. The van der Waals surface area contributed by atoms with Gasteiger partial charge in [0.05, 0.1) is 5.56 Å². The van der Waals surface area contributed by atoms with Crippen molar-refractivity contribution in [3.8, 4) is 0 Å². The van der Waals surface area contributed by atoms with Gasteiger partial charge >= 0.3 is 0 Å². The lowest BCUT2D eigenvalue weighted by Gasteiger charge is -2.35. The van der Waals surface area contributed by atoms with E-state index in [-0.39, 0.29) is 23.9 Å². The molecule has 0 bridgehead atoms. The van der Waals surface area contributed by atoms with E-state index in [1.54, 1.807) is 4.90 Å². The first-order valence-electron chi connectivity index (χ1n) is 9.70. The monoisotopic (exact) mass is 359 g/mol. The van der Waals surface area contributed by atoms with Crippen LogP contribution in [0.3, 0.4) is 0 Å². The Morgan fingerprint density at radius 2 is 1.77 bits per heavy atom. The number of carbonyl (C=O) groups excluding carboxylic acids is 2. The van der Waals surface area contributed by atoms with Crippen LogP contribution in [-0.2, 0) is 4.79 Å². The predicted molar refractivity (Wildman–Crippen MR) is 107 cm³/mol. The first kappa shape index (κ1) is 20.3. The predicted octanol–water partition coefficient (Wildman–Crippen LogP) is 3.30. The lowest BCUT2D eigenvalue weighted by molar-refractivity contribution is -0.122. The van der Waals surface area contributed by atoms with E-state index in [0.29, 0.717) is 12.3 Å². The number of hydrogen-bond acceptors (Lipinski definition) is 3. The number of carbonyl (C=O) groups is 2. The molecule has 0 saturated carbocycles. The zero-order chi connectivity index (χ0) is 19.3. The summed E-state index contributed by atoms with van der Waals surface area (Å²) >= 11 is 0. The molecule has 0 atom stereocenters. The normalized spacial score (nSPS) is 15.4. The maximum atomic E-state index is 12.8. The van der Waals surface area contributed by atoms with Crippen molar-refractivity contribution in [3.63, 3.8) is 0 Å². The van der Waals surface area contributed by atoms with Crippen molar-refractivity contribution in [2.24, 2.45) is 5.92 Å². The Bertz CT molecular complexity index is 619. The van der Waals surface area contributed by atoms with Crippen molar-refractivity contribution in [3.05, 3.63) is 29.8 Å². The molecular weight excluding hydrogens is 326 g/mol. The van der Waals surface area contributed by atoms with E-state index in [1.165, 1.54) is 0 Å². The fourth-order valence-corrected chi connectivity index (χ4v) is 3.28. The van der Waals surface area contributed by atoms with Crippen LogP contribution in [0.4, 0.5) is 5.69 Å². The number of hydrogen-bond donors (Lipinski definition) is 1. The lowest BCUT2D eigenvalue weighted by atomic mass is 10.0. The van der Waals surface area contributed by atoms with Crippen molar-refractivity contribution < 1.29 is 9.59 Å². The fourth-order valence-electron chi connectivity index (χ4n) is 3.28. The topological polar surface area (TPSA) is 52.7 Å². The molecule has 0 aromatic heterocycles. The third-order valence-corrected chi connectivity index (χ3v) is 5.02. The van der Waals surface area contributed by atoms with Gasteiger partial charge in [0.1, 0.15) is 0 Å². The van der Waals surface area contributed by atoms with Crippen molar-refractivity contribution in [1.82, 2.24) is 10.2 Å². The van der Waals surface area contributed by atoms with E-state index in [4.69, 9.17) is 0 Å². The third kappa shape index (κ3) is 5.23.